The molecule has 2 N–H and O–H groups in total. The van der Waals surface area contributed by atoms with E-state index in [9.17, 15) is 0 Å². The van der Waals surface area contributed by atoms with Crippen LogP contribution in [0.1, 0.15) is 37.2 Å². The van der Waals surface area contributed by atoms with Crippen molar-refractivity contribution in [3.63, 3.8) is 0 Å². The predicted molar refractivity (Wildman–Crippen MR) is 66.1 cm³/mol. The molecule has 0 aliphatic carbocycles. The summed E-state index contributed by atoms with van der Waals surface area (Å²) in [4.78, 5) is 2.41. The molecule has 86 valence electrons. The van der Waals surface area contributed by atoms with E-state index in [0.29, 0.717) is 12.0 Å². The highest BCUT2D eigenvalue weighted by atomic mass is 15.3. The molecule has 16 heavy (non-hydrogen) atoms. The van der Waals surface area contributed by atoms with E-state index in [1.165, 1.54) is 18.4 Å². The lowest BCUT2D eigenvalue weighted by Gasteiger charge is -2.43. The van der Waals surface area contributed by atoms with Gasteiger partial charge in [-0.2, -0.15) is 0 Å². The summed E-state index contributed by atoms with van der Waals surface area (Å²) in [5, 5.41) is 0. The van der Waals surface area contributed by atoms with Crippen molar-refractivity contribution in [1.82, 2.24) is 4.90 Å². The third-order valence-electron chi connectivity index (χ3n) is 4.59. The average Bonchev–Trinajstić information content (AvgIpc) is 2.51. The van der Waals surface area contributed by atoms with E-state index in [4.69, 9.17) is 5.73 Å². The quantitative estimate of drug-likeness (QED) is 0.780. The molecular weight excluding hydrogens is 196 g/mol. The van der Waals surface area contributed by atoms with E-state index in [2.05, 4.69) is 42.3 Å². The second kappa shape index (κ2) is 3.57. The maximum absolute atomic E-state index is 6.50. The number of hydrogen-bond acceptors (Lipinski definition) is 2. The fourth-order valence-electron chi connectivity index (χ4n) is 3.49. The molecule has 0 saturated carbocycles. The maximum atomic E-state index is 6.50. The monoisotopic (exact) mass is 216 g/mol. The van der Waals surface area contributed by atoms with Gasteiger partial charge in [-0.15, -0.1) is 0 Å². The third kappa shape index (κ3) is 1.48. The highest BCUT2D eigenvalue weighted by Gasteiger charge is 2.47. The minimum absolute atomic E-state index is 0.0383. The Bertz CT molecular complexity index is 376. The molecule has 2 nitrogen and oxygen atoms in total. The van der Waals surface area contributed by atoms with Crippen LogP contribution < -0.4 is 5.73 Å². The Kier molecular flexibility index (Phi) is 2.30. The van der Waals surface area contributed by atoms with E-state index in [1.54, 1.807) is 0 Å². The van der Waals surface area contributed by atoms with Crippen molar-refractivity contribution in [2.45, 2.75) is 43.3 Å². The van der Waals surface area contributed by atoms with Crippen molar-refractivity contribution < 1.29 is 0 Å². The molecule has 0 radical (unpaired) electrons. The van der Waals surface area contributed by atoms with Gasteiger partial charge in [0.15, 0.2) is 0 Å². The summed E-state index contributed by atoms with van der Waals surface area (Å²) < 4.78 is 0. The number of hydrogen-bond donors (Lipinski definition) is 1. The highest BCUT2D eigenvalue weighted by molar-refractivity contribution is 5.22. The number of nitrogens with zero attached hydrogens (tertiary/aromatic N) is 1. The van der Waals surface area contributed by atoms with Crippen molar-refractivity contribution >= 4 is 0 Å². The number of nitrogens with two attached hydrogens (primary N) is 1. The Morgan fingerprint density at radius 1 is 1.31 bits per heavy atom. The first kappa shape index (κ1) is 10.3. The normalized spacial score (nSPS) is 38.9. The Hall–Kier alpha value is -0.860. The Morgan fingerprint density at radius 2 is 2.06 bits per heavy atom. The van der Waals surface area contributed by atoms with Gasteiger partial charge in [0.2, 0.25) is 0 Å². The second-order valence-corrected chi connectivity index (χ2v) is 5.45. The standard InChI is InChI=1S/C14H20N2/c1-16-13-7-8-14(16,15)10-12(9-13)11-5-3-2-4-6-11/h2-6,12-13H,7-10,15H2,1H3/t12?,13-,14+/m0/s1. The van der Waals surface area contributed by atoms with Crippen LogP contribution in [0.2, 0.25) is 0 Å². The lowest BCUT2D eigenvalue weighted by Crippen LogP contribution is -2.56. The van der Waals surface area contributed by atoms with Crippen LogP contribution in [-0.2, 0) is 0 Å². The zero-order valence-electron chi connectivity index (χ0n) is 9.89. The lowest BCUT2D eigenvalue weighted by molar-refractivity contribution is 0.0746. The Labute approximate surface area is 97.4 Å². The summed E-state index contributed by atoms with van der Waals surface area (Å²) in [6, 6.07) is 11.6. The van der Waals surface area contributed by atoms with Gasteiger partial charge < -0.3 is 5.73 Å². The topological polar surface area (TPSA) is 29.3 Å². The van der Waals surface area contributed by atoms with Crippen LogP contribution in [0.5, 0.6) is 0 Å². The molecule has 0 spiro atoms. The molecule has 2 bridgehead atoms. The van der Waals surface area contributed by atoms with Crippen molar-refractivity contribution in [2.75, 3.05) is 7.05 Å². The van der Waals surface area contributed by atoms with Crippen LogP contribution in [0, 0.1) is 0 Å². The van der Waals surface area contributed by atoms with Gasteiger partial charge in [-0.3, -0.25) is 4.90 Å². The molecule has 2 fully saturated rings. The van der Waals surface area contributed by atoms with Crippen molar-refractivity contribution in [1.29, 1.82) is 0 Å². The van der Waals surface area contributed by atoms with E-state index in [0.717, 1.165) is 12.8 Å². The lowest BCUT2D eigenvalue weighted by atomic mass is 9.83. The van der Waals surface area contributed by atoms with E-state index in [1.807, 2.05) is 0 Å². The first-order chi connectivity index (χ1) is 7.69. The summed E-state index contributed by atoms with van der Waals surface area (Å²) in [5.74, 6) is 0.662. The van der Waals surface area contributed by atoms with E-state index < -0.39 is 0 Å². The molecular formula is C14H20N2. The molecule has 2 heteroatoms. The Morgan fingerprint density at radius 3 is 2.75 bits per heavy atom. The van der Waals surface area contributed by atoms with Gasteiger partial charge in [0.1, 0.15) is 0 Å². The van der Waals surface area contributed by atoms with E-state index >= 15 is 0 Å². The molecule has 0 aromatic heterocycles. The van der Waals surface area contributed by atoms with Gasteiger partial charge in [0.05, 0.1) is 5.66 Å². The van der Waals surface area contributed by atoms with Crippen molar-refractivity contribution in [3.8, 4) is 0 Å². The summed E-state index contributed by atoms with van der Waals surface area (Å²) >= 11 is 0. The molecule has 0 amide bonds. The smallest absolute Gasteiger partial charge is 0.0693 e. The SMILES string of the molecule is CN1[C@H]2CC[C@]1(N)CC(c1ccccc1)C2. The van der Waals surface area contributed by atoms with Gasteiger partial charge in [-0.25, -0.2) is 0 Å². The highest BCUT2D eigenvalue weighted by Crippen LogP contribution is 2.45. The maximum Gasteiger partial charge on any atom is 0.0693 e. The summed E-state index contributed by atoms with van der Waals surface area (Å²) in [6.07, 6.45) is 4.83. The van der Waals surface area contributed by atoms with Crippen LogP contribution in [0.3, 0.4) is 0 Å². The molecule has 3 atom stereocenters. The van der Waals surface area contributed by atoms with Crippen molar-refractivity contribution in [2.24, 2.45) is 5.73 Å². The number of benzene rings is 1. The molecule has 2 heterocycles. The molecule has 2 aliphatic heterocycles. The Balaban J connectivity index is 1.87. The zero-order valence-corrected chi connectivity index (χ0v) is 9.89. The van der Waals surface area contributed by atoms with Gasteiger partial charge in [-0.05, 0) is 44.2 Å². The first-order valence-electron chi connectivity index (χ1n) is 6.26. The van der Waals surface area contributed by atoms with Crippen molar-refractivity contribution in [3.05, 3.63) is 35.9 Å². The van der Waals surface area contributed by atoms with Gasteiger partial charge in [0, 0.05) is 6.04 Å². The molecule has 1 unspecified atom stereocenters. The fraction of sp³-hybridized carbons (Fsp3) is 0.571. The number of piperidine rings is 1. The largest absolute Gasteiger partial charge is 0.313 e. The fourth-order valence-corrected chi connectivity index (χ4v) is 3.49. The van der Waals surface area contributed by atoms with Crippen LogP contribution in [0.15, 0.2) is 30.3 Å². The third-order valence-corrected chi connectivity index (χ3v) is 4.59. The van der Waals surface area contributed by atoms with Crippen LogP contribution >= 0.6 is 0 Å². The molecule has 2 saturated heterocycles. The molecule has 1 aromatic carbocycles. The van der Waals surface area contributed by atoms with Gasteiger partial charge >= 0.3 is 0 Å². The van der Waals surface area contributed by atoms with Crippen LogP contribution in [0.25, 0.3) is 0 Å². The van der Waals surface area contributed by atoms with Gasteiger partial charge in [0.25, 0.3) is 0 Å². The molecule has 1 aromatic rings. The summed E-state index contributed by atoms with van der Waals surface area (Å²) in [6.45, 7) is 0. The average molecular weight is 216 g/mol. The van der Waals surface area contributed by atoms with E-state index in [-0.39, 0.29) is 5.66 Å². The minimum Gasteiger partial charge on any atom is -0.313 e. The number of rotatable bonds is 1. The summed E-state index contributed by atoms with van der Waals surface area (Å²) in [7, 11) is 2.19. The van der Waals surface area contributed by atoms with Crippen LogP contribution in [0.4, 0.5) is 0 Å². The summed E-state index contributed by atoms with van der Waals surface area (Å²) in [5.41, 5.74) is 7.93. The zero-order chi connectivity index (χ0) is 11.2. The number of fused-ring (bicyclic) bond motifs is 2. The molecule has 2 aliphatic rings. The first-order valence-corrected chi connectivity index (χ1v) is 6.26. The van der Waals surface area contributed by atoms with Gasteiger partial charge in [-0.1, -0.05) is 30.3 Å². The second-order valence-electron chi connectivity index (χ2n) is 5.45. The van der Waals surface area contributed by atoms with Crippen LogP contribution in [-0.4, -0.2) is 23.7 Å². The minimum atomic E-state index is -0.0383. The molecule has 3 rings (SSSR count). The predicted octanol–water partition coefficient (Wildman–Crippen LogP) is 2.31.